The summed E-state index contributed by atoms with van der Waals surface area (Å²) in [6.45, 7) is 2.05. The van der Waals surface area contributed by atoms with Crippen molar-refractivity contribution in [3.63, 3.8) is 0 Å². The zero-order valence-electron chi connectivity index (χ0n) is 12.4. The second-order valence-corrected chi connectivity index (χ2v) is 8.06. The van der Waals surface area contributed by atoms with E-state index in [0.29, 0.717) is 17.1 Å². The summed E-state index contributed by atoms with van der Waals surface area (Å²) in [7, 11) is -3.43. The van der Waals surface area contributed by atoms with Crippen LogP contribution in [-0.2, 0) is 16.6 Å². The molecule has 0 radical (unpaired) electrons. The maximum Gasteiger partial charge on any atom is 0.241 e. The van der Waals surface area contributed by atoms with Crippen molar-refractivity contribution < 1.29 is 8.42 Å². The third-order valence-corrected chi connectivity index (χ3v) is 6.94. The standard InChI is InChI=1S/C16H22N2O2S/c1-13-15(17)16(10-6-3-7-11-16)18(21(13,19)20)12-14-8-4-2-5-9-14/h2,4-5,8-9H,3,6-7,10-12,17H2,1H3. The van der Waals surface area contributed by atoms with Crippen molar-refractivity contribution in [3.05, 3.63) is 46.5 Å². The molecule has 0 bridgehead atoms. The summed E-state index contributed by atoms with van der Waals surface area (Å²) in [5.74, 6) is 0. The maximum absolute atomic E-state index is 12.8. The van der Waals surface area contributed by atoms with E-state index in [1.807, 2.05) is 30.3 Å². The average Bonchev–Trinajstić information content (AvgIpc) is 2.63. The maximum atomic E-state index is 12.8. The number of hydrogen-bond donors (Lipinski definition) is 1. The predicted octanol–water partition coefficient (Wildman–Crippen LogP) is 2.73. The monoisotopic (exact) mass is 306 g/mol. The van der Waals surface area contributed by atoms with Gasteiger partial charge >= 0.3 is 0 Å². The summed E-state index contributed by atoms with van der Waals surface area (Å²) < 4.78 is 27.2. The van der Waals surface area contributed by atoms with Gasteiger partial charge in [0.1, 0.15) is 0 Å². The molecule has 21 heavy (non-hydrogen) atoms. The number of hydrogen-bond acceptors (Lipinski definition) is 3. The van der Waals surface area contributed by atoms with Crippen LogP contribution in [0.2, 0.25) is 0 Å². The lowest BCUT2D eigenvalue weighted by atomic mass is 9.79. The molecule has 3 rings (SSSR count). The highest BCUT2D eigenvalue weighted by Crippen LogP contribution is 2.47. The van der Waals surface area contributed by atoms with Gasteiger partial charge in [-0.3, -0.25) is 0 Å². The molecule has 2 N–H and O–H groups in total. The molecule has 1 saturated carbocycles. The number of nitrogens with zero attached hydrogens (tertiary/aromatic N) is 1. The lowest BCUT2D eigenvalue weighted by Crippen LogP contribution is -2.50. The van der Waals surface area contributed by atoms with Crippen molar-refractivity contribution >= 4 is 10.0 Å². The first-order valence-corrected chi connectivity index (χ1v) is 8.96. The average molecular weight is 306 g/mol. The Balaban J connectivity index is 2.03. The fourth-order valence-electron chi connectivity index (χ4n) is 3.64. The molecule has 1 aliphatic carbocycles. The van der Waals surface area contributed by atoms with E-state index in [1.165, 1.54) is 0 Å². The molecule has 0 atom stereocenters. The third-order valence-electron chi connectivity index (χ3n) is 4.88. The van der Waals surface area contributed by atoms with Crippen molar-refractivity contribution in [2.75, 3.05) is 0 Å². The van der Waals surface area contributed by atoms with Gasteiger partial charge in [-0.25, -0.2) is 8.42 Å². The largest absolute Gasteiger partial charge is 0.400 e. The minimum absolute atomic E-state index is 0.348. The Labute approximate surface area is 126 Å². The molecule has 2 aliphatic rings. The summed E-state index contributed by atoms with van der Waals surface area (Å²) in [5.41, 5.74) is 7.35. The van der Waals surface area contributed by atoms with E-state index in [4.69, 9.17) is 5.73 Å². The van der Waals surface area contributed by atoms with Gasteiger partial charge in [0.15, 0.2) is 0 Å². The van der Waals surface area contributed by atoms with Gasteiger partial charge in [0.25, 0.3) is 0 Å². The summed E-state index contributed by atoms with van der Waals surface area (Å²) in [4.78, 5) is 0.348. The normalized spacial score (nSPS) is 24.6. The highest BCUT2D eigenvalue weighted by Gasteiger charge is 2.53. The molecule has 4 nitrogen and oxygen atoms in total. The molecule has 1 fully saturated rings. The van der Waals surface area contributed by atoms with Crippen molar-refractivity contribution in [3.8, 4) is 0 Å². The van der Waals surface area contributed by atoms with Gasteiger partial charge in [0.05, 0.1) is 10.4 Å². The van der Waals surface area contributed by atoms with Crippen LogP contribution in [0.4, 0.5) is 0 Å². The minimum Gasteiger partial charge on any atom is -0.400 e. The summed E-state index contributed by atoms with van der Waals surface area (Å²) in [6, 6.07) is 9.76. The molecule has 0 unspecified atom stereocenters. The molecular formula is C16H22N2O2S. The van der Waals surface area contributed by atoms with E-state index in [2.05, 4.69) is 0 Å². The number of rotatable bonds is 2. The van der Waals surface area contributed by atoms with E-state index < -0.39 is 15.6 Å². The van der Waals surface area contributed by atoms with Crippen LogP contribution in [0.1, 0.15) is 44.6 Å². The van der Waals surface area contributed by atoms with Gasteiger partial charge in [0, 0.05) is 12.2 Å². The molecule has 1 spiro atoms. The van der Waals surface area contributed by atoms with Crippen LogP contribution in [0.3, 0.4) is 0 Å². The van der Waals surface area contributed by atoms with Gasteiger partial charge in [0.2, 0.25) is 10.0 Å². The molecule has 1 aromatic rings. The van der Waals surface area contributed by atoms with Crippen molar-refractivity contribution in [1.82, 2.24) is 4.31 Å². The molecule has 114 valence electrons. The summed E-state index contributed by atoms with van der Waals surface area (Å²) in [5, 5.41) is 0. The van der Waals surface area contributed by atoms with Gasteiger partial charge in [-0.1, -0.05) is 49.6 Å². The lowest BCUT2D eigenvalue weighted by Gasteiger charge is -2.41. The zero-order chi connectivity index (χ0) is 15.1. The Bertz CT molecular complexity index is 659. The van der Waals surface area contributed by atoms with Crippen LogP contribution in [0.5, 0.6) is 0 Å². The Hall–Kier alpha value is -1.33. The van der Waals surface area contributed by atoms with E-state index >= 15 is 0 Å². The Kier molecular flexibility index (Phi) is 3.58. The molecular weight excluding hydrogens is 284 g/mol. The van der Waals surface area contributed by atoms with E-state index in [-0.39, 0.29) is 0 Å². The molecule has 1 aliphatic heterocycles. The van der Waals surface area contributed by atoms with E-state index in [0.717, 1.165) is 37.7 Å². The fraction of sp³-hybridized carbons (Fsp3) is 0.500. The van der Waals surface area contributed by atoms with Gasteiger partial charge in [-0.2, -0.15) is 4.31 Å². The smallest absolute Gasteiger partial charge is 0.241 e. The molecule has 1 heterocycles. The molecule has 0 amide bonds. The number of allylic oxidation sites excluding steroid dienone is 1. The van der Waals surface area contributed by atoms with E-state index in [9.17, 15) is 8.42 Å². The highest BCUT2D eigenvalue weighted by atomic mass is 32.2. The third kappa shape index (κ3) is 2.19. The first kappa shape index (κ1) is 14.6. The van der Waals surface area contributed by atoms with Gasteiger partial charge < -0.3 is 5.73 Å². The zero-order valence-corrected chi connectivity index (χ0v) is 13.2. The molecule has 0 saturated heterocycles. The van der Waals surface area contributed by atoms with Gasteiger partial charge in [-0.15, -0.1) is 0 Å². The number of benzene rings is 1. The second kappa shape index (κ2) is 5.14. The van der Waals surface area contributed by atoms with Crippen molar-refractivity contribution in [2.45, 2.75) is 51.1 Å². The predicted molar refractivity (Wildman–Crippen MR) is 83.6 cm³/mol. The van der Waals surface area contributed by atoms with Crippen LogP contribution in [0, 0.1) is 0 Å². The van der Waals surface area contributed by atoms with Crippen LogP contribution in [0.15, 0.2) is 40.9 Å². The first-order valence-electron chi connectivity index (χ1n) is 7.52. The van der Waals surface area contributed by atoms with E-state index in [1.54, 1.807) is 11.2 Å². The topological polar surface area (TPSA) is 63.4 Å². The summed E-state index contributed by atoms with van der Waals surface area (Å²) >= 11 is 0. The first-order chi connectivity index (χ1) is 9.98. The molecule has 1 aromatic carbocycles. The van der Waals surface area contributed by atoms with Crippen LogP contribution in [0.25, 0.3) is 0 Å². The van der Waals surface area contributed by atoms with Crippen LogP contribution >= 0.6 is 0 Å². The van der Waals surface area contributed by atoms with Crippen LogP contribution in [-0.4, -0.2) is 18.3 Å². The Morgan fingerprint density at radius 1 is 1.14 bits per heavy atom. The second-order valence-electron chi connectivity index (χ2n) is 6.06. The number of nitrogens with two attached hydrogens (primary N) is 1. The van der Waals surface area contributed by atoms with Crippen LogP contribution < -0.4 is 5.73 Å². The van der Waals surface area contributed by atoms with Crippen molar-refractivity contribution in [2.24, 2.45) is 5.73 Å². The Morgan fingerprint density at radius 3 is 2.38 bits per heavy atom. The van der Waals surface area contributed by atoms with Crippen molar-refractivity contribution in [1.29, 1.82) is 0 Å². The quantitative estimate of drug-likeness (QED) is 0.913. The summed E-state index contributed by atoms with van der Waals surface area (Å²) in [6.07, 6.45) is 4.90. The Morgan fingerprint density at radius 2 is 1.76 bits per heavy atom. The lowest BCUT2D eigenvalue weighted by molar-refractivity contribution is 0.167. The number of sulfonamides is 1. The SMILES string of the molecule is CC1=C(N)C2(CCCCC2)N(Cc2ccccc2)S1(=O)=O. The molecule has 0 aromatic heterocycles. The molecule has 5 heteroatoms. The van der Waals surface area contributed by atoms with Gasteiger partial charge in [-0.05, 0) is 25.3 Å². The highest BCUT2D eigenvalue weighted by molar-refractivity contribution is 7.93. The fourth-order valence-corrected chi connectivity index (χ4v) is 5.50. The minimum atomic E-state index is -3.43.